The second-order valence-electron chi connectivity index (χ2n) is 3.64. The van der Waals surface area contributed by atoms with Crippen LogP contribution in [0.2, 0.25) is 5.02 Å². The smallest absolute Gasteiger partial charge is 0.125 e. The van der Waals surface area contributed by atoms with Crippen molar-refractivity contribution in [2.75, 3.05) is 5.73 Å². The normalized spacial score (nSPS) is 10.5. The fraction of sp³-hybridized carbons (Fsp3) is 0.0769. The van der Waals surface area contributed by atoms with Crippen molar-refractivity contribution in [2.45, 2.75) is 10.6 Å². The van der Waals surface area contributed by atoms with Crippen molar-refractivity contribution in [2.24, 2.45) is 0 Å². The standard InChI is InChI=1S/C13H11ClFNS/c14-10-2-1-3-13(6-10)17-8-9-4-11(15)7-12(16)5-9/h1-7H,8,16H2. The molecule has 0 unspecified atom stereocenters. The summed E-state index contributed by atoms with van der Waals surface area (Å²) in [7, 11) is 0. The maximum absolute atomic E-state index is 13.1. The second-order valence-corrected chi connectivity index (χ2v) is 5.12. The van der Waals surface area contributed by atoms with Gasteiger partial charge in [0.25, 0.3) is 0 Å². The first kappa shape index (κ1) is 12.3. The van der Waals surface area contributed by atoms with E-state index < -0.39 is 0 Å². The van der Waals surface area contributed by atoms with Crippen LogP contribution >= 0.6 is 23.4 Å². The molecule has 2 rings (SSSR count). The van der Waals surface area contributed by atoms with Crippen molar-refractivity contribution in [3.8, 4) is 0 Å². The predicted octanol–water partition coefficient (Wildman–Crippen LogP) is 4.35. The molecule has 4 heteroatoms. The fourth-order valence-corrected chi connectivity index (χ4v) is 2.62. The molecule has 0 aliphatic rings. The highest BCUT2D eigenvalue weighted by molar-refractivity contribution is 7.98. The highest BCUT2D eigenvalue weighted by Crippen LogP contribution is 2.26. The zero-order valence-electron chi connectivity index (χ0n) is 8.99. The van der Waals surface area contributed by atoms with Crippen LogP contribution in [0, 0.1) is 5.82 Å². The third kappa shape index (κ3) is 3.65. The maximum atomic E-state index is 13.1. The lowest BCUT2D eigenvalue weighted by atomic mass is 10.2. The van der Waals surface area contributed by atoms with Gasteiger partial charge in [-0.15, -0.1) is 11.8 Å². The first-order chi connectivity index (χ1) is 8.13. The number of nitrogen functional groups attached to an aromatic ring is 1. The quantitative estimate of drug-likeness (QED) is 0.661. The minimum absolute atomic E-state index is 0.299. The van der Waals surface area contributed by atoms with Gasteiger partial charge in [-0.1, -0.05) is 17.7 Å². The van der Waals surface area contributed by atoms with Crippen molar-refractivity contribution in [3.05, 3.63) is 58.9 Å². The second kappa shape index (κ2) is 5.43. The number of benzene rings is 2. The molecule has 0 bridgehead atoms. The molecule has 0 heterocycles. The van der Waals surface area contributed by atoms with Crippen molar-refractivity contribution >= 4 is 29.1 Å². The van der Waals surface area contributed by atoms with Gasteiger partial charge in [0.1, 0.15) is 5.82 Å². The monoisotopic (exact) mass is 267 g/mol. The van der Waals surface area contributed by atoms with Gasteiger partial charge in [-0.2, -0.15) is 0 Å². The number of nitrogens with two attached hydrogens (primary N) is 1. The molecule has 0 aromatic heterocycles. The SMILES string of the molecule is Nc1cc(F)cc(CSc2cccc(Cl)c2)c1. The highest BCUT2D eigenvalue weighted by atomic mass is 35.5. The summed E-state index contributed by atoms with van der Waals surface area (Å²) in [5.41, 5.74) is 6.90. The third-order valence-electron chi connectivity index (χ3n) is 2.18. The Labute approximate surface area is 109 Å². The molecule has 0 saturated carbocycles. The van der Waals surface area contributed by atoms with Crippen LogP contribution in [-0.4, -0.2) is 0 Å². The van der Waals surface area contributed by atoms with E-state index in [0.717, 1.165) is 10.5 Å². The van der Waals surface area contributed by atoms with Gasteiger partial charge < -0.3 is 5.73 Å². The molecular formula is C13H11ClFNS. The van der Waals surface area contributed by atoms with E-state index in [2.05, 4.69) is 0 Å². The molecule has 2 aromatic carbocycles. The minimum Gasteiger partial charge on any atom is -0.399 e. The summed E-state index contributed by atoms with van der Waals surface area (Å²) in [6.07, 6.45) is 0. The largest absolute Gasteiger partial charge is 0.399 e. The Balaban J connectivity index is 2.07. The molecule has 17 heavy (non-hydrogen) atoms. The van der Waals surface area contributed by atoms with E-state index in [0.29, 0.717) is 16.5 Å². The molecule has 0 amide bonds. The Hall–Kier alpha value is -1.19. The molecule has 0 fully saturated rings. The van der Waals surface area contributed by atoms with Crippen molar-refractivity contribution in [1.82, 2.24) is 0 Å². The van der Waals surface area contributed by atoms with Crippen molar-refractivity contribution < 1.29 is 4.39 Å². The van der Waals surface area contributed by atoms with Gasteiger partial charge in [0, 0.05) is 21.4 Å². The molecule has 1 nitrogen and oxygen atoms in total. The lowest BCUT2D eigenvalue weighted by Gasteiger charge is -2.04. The molecule has 0 spiro atoms. The van der Waals surface area contributed by atoms with Crippen LogP contribution in [0.5, 0.6) is 0 Å². The Kier molecular flexibility index (Phi) is 3.92. The van der Waals surface area contributed by atoms with E-state index in [9.17, 15) is 4.39 Å². The summed E-state index contributed by atoms with van der Waals surface area (Å²) < 4.78 is 13.1. The molecular weight excluding hydrogens is 257 g/mol. The lowest BCUT2D eigenvalue weighted by molar-refractivity contribution is 0.627. The van der Waals surface area contributed by atoms with Crippen LogP contribution in [0.25, 0.3) is 0 Å². The van der Waals surface area contributed by atoms with Crippen LogP contribution in [0.1, 0.15) is 5.56 Å². The molecule has 2 N–H and O–H groups in total. The van der Waals surface area contributed by atoms with Crippen LogP contribution in [0.15, 0.2) is 47.4 Å². The molecule has 0 atom stereocenters. The molecule has 0 saturated heterocycles. The van der Waals surface area contributed by atoms with E-state index in [1.807, 2.05) is 24.3 Å². The van der Waals surface area contributed by atoms with Crippen LogP contribution < -0.4 is 5.73 Å². The first-order valence-electron chi connectivity index (χ1n) is 5.07. The fourth-order valence-electron chi connectivity index (χ4n) is 1.48. The molecule has 0 radical (unpaired) electrons. The average Bonchev–Trinajstić information content (AvgIpc) is 2.25. The number of anilines is 1. The molecule has 0 aliphatic carbocycles. The zero-order valence-corrected chi connectivity index (χ0v) is 10.6. The average molecular weight is 268 g/mol. The van der Waals surface area contributed by atoms with Gasteiger partial charge in [-0.3, -0.25) is 0 Å². The molecule has 2 aromatic rings. The van der Waals surface area contributed by atoms with Crippen LogP contribution in [-0.2, 0) is 5.75 Å². The van der Waals surface area contributed by atoms with Gasteiger partial charge in [-0.25, -0.2) is 4.39 Å². The third-order valence-corrected chi connectivity index (χ3v) is 3.48. The van der Waals surface area contributed by atoms with E-state index in [4.69, 9.17) is 17.3 Å². The van der Waals surface area contributed by atoms with E-state index in [-0.39, 0.29) is 5.82 Å². The number of rotatable bonds is 3. The minimum atomic E-state index is -0.299. The number of hydrogen-bond acceptors (Lipinski definition) is 2. The van der Waals surface area contributed by atoms with Crippen LogP contribution in [0.4, 0.5) is 10.1 Å². The maximum Gasteiger partial charge on any atom is 0.125 e. The Morgan fingerprint density at radius 3 is 2.71 bits per heavy atom. The summed E-state index contributed by atoms with van der Waals surface area (Å²) in [6, 6.07) is 12.2. The van der Waals surface area contributed by atoms with Crippen molar-refractivity contribution in [1.29, 1.82) is 0 Å². The predicted molar refractivity (Wildman–Crippen MR) is 71.8 cm³/mol. The Bertz CT molecular complexity index is 510. The van der Waals surface area contributed by atoms with E-state index in [1.54, 1.807) is 17.8 Å². The Morgan fingerprint density at radius 2 is 2.00 bits per heavy atom. The Morgan fingerprint density at radius 1 is 1.18 bits per heavy atom. The number of halogens is 2. The van der Waals surface area contributed by atoms with Gasteiger partial charge in [0.15, 0.2) is 0 Å². The van der Waals surface area contributed by atoms with Crippen molar-refractivity contribution in [3.63, 3.8) is 0 Å². The summed E-state index contributed by atoms with van der Waals surface area (Å²) in [5, 5.41) is 0.703. The topological polar surface area (TPSA) is 26.0 Å². The summed E-state index contributed by atoms with van der Waals surface area (Å²) in [6.45, 7) is 0. The highest BCUT2D eigenvalue weighted by Gasteiger charge is 2.01. The van der Waals surface area contributed by atoms with E-state index in [1.165, 1.54) is 12.1 Å². The van der Waals surface area contributed by atoms with Gasteiger partial charge >= 0.3 is 0 Å². The summed E-state index contributed by atoms with van der Waals surface area (Å²) in [4.78, 5) is 1.06. The van der Waals surface area contributed by atoms with Crippen LogP contribution in [0.3, 0.4) is 0 Å². The molecule has 88 valence electrons. The molecule has 0 aliphatic heterocycles. The van der Waals surface area contributed by atoms with Gasteiger partial charge in [0.05, 0.1) is 0 Å². The first-order valence-corrected chi connectivity index (χ1v) is 6.43. The summed E-state index contributed by atoms with van der Waals surface area (Å²) >= 11 is 7.48. The zero-order chi connectivity index (χ0) is 12.3. The van der Waals surface area contributed by atoms with Gasteiger partial charge in [-0.05, 0) is 42.0 Å². The van der Waals surface area contributed by atoms with E-state index >= 15 is 0 Å². The lowest BCUT2D eigenvalue weighted by Crippen LogP contribution is -1.90. The van der Waals surface area contributed by atoms with Gasteiger partial charge in [0.2, 0.25) is 0 Å². The number of hydrogen-bond donors (Lipinski definition) is 1. The number of thioether (sulfide) groups is 1. The summed E-state index contributed by atoms with van der Waals surface area (Å²) in [5.74, 6) is 0.370.